The first-order valence-corrected chi connectivity index (χ1v) is 4.84. The van der Waals surface area contributed by atoms with Crippen LogP contribution in [-0.2, 0) is 4.79 Å². The van der Waals surface area contributed by atoms with Gasteiger partial charge < -0.3 is 10.5 Å². The molecular weight excluding hydrogens is 240 g/mol. The van der Waals surface area contributed by atoms with E-state index in [9.17, 15) is 4.79 Å². The molecule has 0 aliphatic rings. The first-order valence-electron chi connectivity index (χ1n) is 4.84. The number of nitrogen functional groups attached to an aromatic ring is 1. The second-order valence-electron chi connectivity index (χ2n) is 3.30. The third kappa shape index (κ3) is 4.28. The van der Waals surface area contributed by atoms with Crippen molar-refractivity contribution in [1.82, 2.24) is 0 Å². The fourth-order valence-corrected chi connectivity index (χ4v) is 1.01. The fraction of sp³-hybridized carbons (Fsp3) is 0.167. The van der Waals surface area contributed by atoms with Crippen molar-refractivity contribution >= 4 is 24.2 Å². The standard InChI is InChI=1S/C12H14N2O2.ClH/c1-3-8(2)12(15)16-10-6-4-9(5-7-10)11(13)14;/h3-7H,1-2H3,(H3,13,14);1H/b8-3+;. The number of ether oxygens (including phenoxy) is 1. The summed E-state index contributed by atoms with van der Waals surface area (Å²) in [6.45, 7) is 3.46. The van der Waals surface area contributed by atoms with E-state index in [1.54, 1.807) is 44.2 Å². The summed E-state index contributed by atoms with van der Waals surface area (Å²) in [7, 11) is 0. The third-order valence-electron chi connectivity index (χ3n) is 2.13. The minimum atomic E-state index is -0.377. The van der Waals surface area contributed by atoms with Crippen LogP contribution in [0.4, 0.5) is 0 Å². The lowest BCUT2D eigenvalue weighted by Gasteiger charge is -2.04. The van der Waals surface area contributed by atoms with Crippen LogP contribution in [0.15, 0.2) is 35.9 Å². The molecule has 0 aliphatic carbocycles. The van der Waals surface area contributed by atoms with Gasteiger partial charge in [-0.05, 0) is 38.1 Å². The van der Waals surface area contributed by atoms with Gasteiger partial charge in [0.15, 0.2) is 0 Å². The van der Waals surface area contributed by atoms with Gasteiger partial charge in [-0.1, -0.05) is 6.08 Å². The maximum absolute atomic E-state index is 11.4. The fourth-order valence-electron chi connectivity index (χ4n) is 1.01. The molecule has 0 spiro atoms. The van der Waals surface area contributed by atoms with E-state index in [1.807, 2.05) is 0 Å². The van der Waals surface area contributed by atoms with Gasteiger partial charge in [0.25, 0.3) is 0 Å². The summed E-state index contributed by atoms with van der Waals surface area (Å²) in [5, 5.41) is 7.21. The highest BCUT2D eigenvalue weighted by molar-refractivity contribution is 5.95. The summed E-state index contributed by atoms with van der Waals surface area (Å²) in [4.78, 5) is 11.4. The molecule has 1 aromatic carbocycles. The Morgan fingerprint density at radius 3 is 2.29 bits per heavy atom. The lowest BCUT2D eigenvalue weighted by Crippen LogP contribution is -2.11. The number of carbonyl (C=O) groups excluding carboxylic acids is 1. The molecule has 0 radical (unpaired) electrons. The lowest BCUT2D eigenvalue weighted by molar-refractivity contribution is -0.130. The van der Waals surface area contributed by atoms with E-state index in [-0.39, 0.29) is 24.2 Å². The van der Waals surface area contributed by atoms with E-state index in [2.05, 4.69) is 0 Å². The van der Waals surface area contributed by atoms with Crippen molar-refractivity contribution in [2.75, 3.05) is 0 Å². The first kappa shape index (κ1) is 15.2. The maximum atomic E-state index is 11.4. The van der Waals surface area contributed by atoms with E-state index < -0.39 is 0 Å². The van der Waals surface area contributed by atoms with Crippen molar-refractivity contribution in [2.24, 2.45) is 5.73 Å². The van der Waals surface area contributed by atoms with Gasteiger partial charge in [0.05, 0.1) is 0 Å². The summed E-state index contributed by atoms with van der Waals surface area (Å²) in [5.41, 5.74) is 6.45. The molecular formula is C12H15ClN2O2. The van der Waals surface area contributed by atoms with Crippen LogP contribution in [0.3, 0.4) is 0 Å². The first-order chi connectivity index (χ1) is 7.54. The van der Waals surface area contributed by atoms with Crippen LogP contribution in [0.1, 0.15) is 19.4 Å². The van der Waals surface area contributed by atoms with Crippen LogP contribution in [0.5, 0.6) is 5.75 Å². The predicted octanol–water partition coefficient (Wildman–Crippen LogP) is 2.26. The van der Waals surface area contributed by atoms with Crippen LogP contribution < -0.4 is 10.5 Å². The molecule has 1 rings (SSSR count). The van der Waals surface area contributed by atoms with Gasteiger partial charge in [-0.3, -0.25) is 5.41 Å². The number of hydrogen-bond donors (Lipinski definition) is 2. The number of amidine groups is 1. The van der Waals surface area contributed by atoms with Crippen LogP contribution >= 0.6 is 12.4 Å². The summed E-state index contributed by atoms with van der Waals surface area (Å²) >= 11 is 0. The largest absolute Gasteiger partial charge is 0.423 e. The van der Waals surface area contributed by atoms with E-state index >= 15 is 0 Å². The number of carbonyl (C=O) groups is 1. The highest BCUT2D eigenvalue weighted by Gasteiger charge is 2.06. The number of hydrogen-bond acceptors (Lipinski definition) is 3. The van der Waals surface area contributed by atoms with Crippen molar-refractivity contribution in [3.63, 3.8) is 0 Å². The molecule has 0 amide bonds. The van der Waals surface area contributed by atoms with Gasteiger partial charge in [0.1, 0.15) is 11.6 Å². The van der Waals surface area contributed by atoms with E-state index in [0.717, 1.165) is 0 Å². The molecule has 1 aromatic rings. The number of esters is 1. The Morgan fingerprint density at radius 1 is 1.35 bits per heavy atom. The topological polar surface area (TPSA) is 76.2 Å². The number of nitrogens with one attached hydrogen (secondary N) is 1. The quantitative estimate of drug-likeness (QED) is 0.286. The van der Waals surface area contributed by atoms with Gasteiger partial charge in [-0.15, -0.1) is 12.4 Å². The second kappa shape index (κ2) is 6.70. The number of halogens is 1. The second-order valence-corrected chi connectivity index (χ2v) is 3.30. The Kier molecular flexibility index (Phi) is 5.99. The molecule has 3 N–H and O–H groups in total. The Bertz CT molecular complexity index is 438. The predicted molar refractivity (Wildman–Crippen MR) is 69.8 cm³/mol. The maximum Gasteiger partial charge on any atom is 0.338 e. The zero-order chi connectivity index (χ0) is 12.1. The average molecular weight is 255 g/mol. The van der Waals surface area contributed by atoms with Gasteiger partial charge in [0.2, 0.25) is 0 Å². The Labute approximate surface area is 106 Å². The van der Waals surface area contributed by atoms with E-state index in [4.69, 9.17) is 15.9 Å². The van der Waals surface area contributed by atoms with Crippen molar-refractivity contribution in [3.05, 3.63) is 41.5 Å². The molecule has 0 atom stereocenters. The molecule has 0 aromatic heterocycles. The van der Waals surface area contributed by atoms with Crippen molar-refractivity contribution in [2.45, 2.75) is 13.8 Å². The van der Waals surface area contributed by atoms with Crippen molar-refractivity contribution in [3.8, 4) is 5.75 Å². The molecule has 4 nitrogen and oxygen atoms in total. The number of benzene rings is 1. The summed E-state index contributed by atoms with van der Waals surface area (Å²) in [5.74, 6) is 0.0526. The molecule has 17 heavy (non-hydrogen) atoms. The minimum Gasteiger partial charge on any atom is -0.423 e. The molecule has 0 fully saturated rings. The molecule has 0 saturated carbocycles. The van der Waals surface area contributed by atoms with Crippen LogP contribution in [-0.4, -0.2) is 11.8 Å². The number of rotatable bonds is 3. The summed E-state index contributed by atoms with van der Waals surface area (Å²) in [6.07, 6.45) is 1.69. The monoisotopic (exact) mass is 254 g/mol. The van der Waals surface area contributed by atoms with Gasteiger partial charge in [-0.2, -0.15) is 0 Å². The summed E-state index contributed by atoms with van der Waals surface area (Å²) < 4.78 is 5.08. The van der Waals surface area contributed by atoms with E-state index in [0.29, 0.717) is 16.9 Å². The normalized spacial score (nSPS) is 10.4. The zero-order valence-corrected chi connectivity index (χ0v) is 10.5. The smallest absolute Gasteiger partial charge is 0.338 e. The lowest BCUT2D eigenvalue weighted by atomic mass is 10.2. The van der Waals surface area contributed by atoms with Crippen LogP contribution in [0.25, 0.3) is 0 Å². The van der Waals surface area contributed by atoms with Crippen LogP contribution in [0, 0.1) is 5.41 Å². The summed E-state index contributed by atoms with van der Waals surface area (Å²) in [6, 6.07) is 6.49. The van der Waals surface area contributed by atoms with Crippen LogP contribution in [0.2, 0.25) is 0 Å². The average Bonchev–Trinajstić information content (AvgIpc) is 2.28. The molecule has 5 heteroatoms. The third-order valence-corrected chi connectivity index (χ3v) is 2.13. The van der Waals surface area contributed by atoms with Gasteiger partial charge in [0, 0.05) is 11.1 Å². The van der Waals surface area contributed by atoms with Crippen molar-refractivity contribution < 1.29 is 9.53 Å². The SMILES string of the molecule is C/C=C(\C)C(=O)Oc1ccc(C(=N)N)cc1.Cl. The highest BCUT2D eigenvalue weighted by Crippen LogP contribution is 2.13. The molecule has 0 unspecified atom stereocenters. The Morgan fingerprint density at radius 2 is 1.88 bits per heavy atom. The van der Waals surface area contributed by atoms with Gasteiger partial charge >= 0.3 is 5.97 Å². The molecule has 0 heterocycles. The Balaban J connectivity index is 0.00000256. The van der Waals surface area contributed by atoms with Gasteiger partial charge in [-0.25, -0.2) is 4.79 Å². The molecule has 92 valence electrons. The number of allylic oxidation sites excluding steroid dienone is 1. The molecule has 0 saturated heterocycles. The molecule has 0 bridgehead atoms. The van der Waals surface area contributed by atoms with Crippen molar-refractivity contribution in [1.29, 1.82) is 5.41 Å². The Hall–Kier alpha value is -1.81. The molecule has 0 aliphatic heterocycles. The van der Waals surface area contributed by atoms with E-state index in [1.165, 1.54) is 0 Å². The minimum absolute atomic E-state index is 0. The highest BCUT2D eigenvalue weighted by atomic mass is 35.5. The number of nitrogens with two attached hydrogens (primary N) is 1. The zero-order valence-electron chi connectivity index (χ0n) is 9.69.